The van der Waals surface area contributed by atoms with Crippen molar-refractivity contribution in [2.75, 3.05) is 0 Å². The molecule has 0 aromatic heterocycles. The predicted octanol–water partition coefficient (Wildman–Crippen LogP) is -0.489. The van der Waals surface area contributed by atoms with Gasteiger partial charge in [-0.2, -0.15) is 0 Å². The summed E-state index contributed by atoms with van der Waals surface area (Å²) in [4.78, 5) is 43.3. The van der Waals surface area contributed by atoms with Gasteiger partial charge in [-0.15, -0.1) is 0 Å². The zero-order valence-electron chi connectivity index (χ0n) is 10.4. The van der Waals surface area contributed by atoms with Crippen LogP contribution in [-0.2, 0) is 28.7 Å². The minimum Gasteiger partial charge on any atom is -0.481 e. The highest BCUT2D eigenvalue weighted by molar-refractivity contribution is 5.74. The van der Waals surface area contributed by atoms with Gasteiger partial charge in [0.25, 0.3) is 12.9 Å². The Hall–Kier alpha value is -2.12. The van der Waals surface area contributed by atoms with Crippen molar-refractivity contribution in [2.45, 2.75) is 25.0 Å². The van der Waals surface area contributed by atoms with Gasteiger partial charge < -0.3 is 19.7 Å². The summed E-state index contributed by atoms with van der Waals surface area (Å²) in [5.74, 6) is -4.72. The fraction of sp³-hybridized carbons (Fsp3) is 0.667. The highest BCUT2D eigenvalue weighted by Crippen LogP contribution is 2.55. The molecule has 2 bridgehead atoms. The van der Waals surface area contributed by atoms with E-state index in [0.717, 1.165) is 0 Å². The largest absolute Gasteiger partial charge is 0.481 e. The van der Waals surface area contributed by atoms with E-state index in [2.05, 4.69) is 0 Å². The number of ether oxygens (including phenoxy) is 2. The topological polar surface area (TPSA) is 127 Å². The second-order valence-corrected chi connectivity index (χ2v) is 5.08. The number of carbonyl (C=O) groups is 4. The third-order valence-corrected chi connectivity index (χ3v) is 4.31. The van der Waals surface area contributed by atoms with Crippen molar-refractivity contribution in [1.29, 1.82) is 0 Å². The average Bonchev–Trinajstić information content (AvgIpc) is 2.86. The molecule has 2 fully saturated rings. The van der Waals surface area contributed by atoms with Crippen LogP contribution in [0.3, 0.4) is 0 Å². The first-order valence-electron chi connectivity index (χ1n) is 6.14. The van der Waals surface area contributed by atoms with Crippen LogP contribution >= 0.6 is 0 Å². The molecule has 2 aliphatic rings. The molecular formula is C12H14O8. The van der Waals surface area contributed by atoms with Gasteiger partial charge in [0.2, 0.25) is 0 Å². The molecule has 2 N–H and O–H groups in total. The Morgan fingerprint density at radius 1 is 1.05 bits per heavy atom. The molecule has 8 heteroatoms. The lowest BCUT2D eigenvalue weighted by Gasteiger charge is -2.36. The van der Waals surface area contributed by atoms with E-state index < -0.39 is 47.8 Å². The first-order valence-corrected chi connectivity index (χ1v) is 6.14. The number of carboxylic acid groups (broad SMARTS) is 2. The Bertz CT molecular complexity index is 433. The van der Waals surface area contributed by atoms with Crippen molar-refractivity contribution in [1.82, 2.24) is 0 Å². The first kappa shape index (κ1) is 14.3. The zero-order valence-corrected chi connectivity index (χ0v) is 10.4. The van der Waals surface area contributed by atoms with Crippen molar-refractivity contribution in [3.05, 3.63) is 0 Å². The van der Waals surface area contributed by atoms with E-state index in [1.54, 1.807) is 0 Å². The first-order chi connectivity index (χ1) is 9.51. The summed E-state index contributed by atoms with van der Waals surface area (Å²) in [5, 5.41) is 18.2. The third-order valence-electron chi connectivity index (χ3n) is 4.31. The average molecular weight is 286 g/mol. The second kappa shape index (κ2) is 5.48. The lowest BCUT2D eigenvalue weighted by molar-refractivity contribution is -0.169. The normalized spacial score (nSPS) is 38.2. The monoisotopic (exact) mass is 286 g/mol. The van der Waals surface area contributed by atoms with Crippen LogP contribution in [0.25, 0.3) is 0 Å². The third kappa shape index (κ3) is 2.21. The van der Waals surface area contributed by atoms with E-state index in [-0.39, 0.29) is 19.4 Å². The van der Waals surface area contributed by atoms with E-state index in [1.165, 1.54) is 0 Å². The zero-order chi connectivity index (χ0) is 14.9. The summed E-state index contributed by atoms with van der Waals surface area (Å²) >= 11 is 0. The molecule has 0 heterocycles. The maximum atomic E-state index is 11.4. The van der Waals surface area contributed by atoms with Gasteiger partial charge in [-0.25, -0.2) is 0 Å². The van der Waals surface area contributed by atoms with Crippen molar-refractivity contribution in [2.24, 2.45) is 23.7 Å². The Morgan fingerprint density at radius 2 is 1.60 bits per heavy atom. The van der Waals surface area contributed by atoms with Crippen LogP contribution in [0.2, 0.25) is 0 Å². The summed E-state index contributed by atoms with van der Waals surface area (Å²) in [5.41, 5.74) is 0. The number of carboxylic acids is 2. The Labute approximate surface area is 113 Å². The van der Waals surface area contributed by atoms with Crippen molar-refractivity contribution >= 4 is 24.9 Å². The summed E-state index contributed by atoms with van der Waals surface area (Å²) < 4.78 is 9.75. The van der Waals surface area contributed by atoms with Crippen LogP contribution in [0.15, 0.2) is 0 Å². The van der Waals surface area contributed by atoms with Crippen LogP contribution in [-0.4, -0.2) is 47.3 Å². The van der Waals surface area contributed by atoms with E-state index in [4.69, 9.17) is 14.6 Å². The molecule has 0 aromatic carbocycles. The number of rotatable bonds is 7. The standard InChI is InChI=1S/C12H14O8/c13-3-19-10-6-1-7(11(10)20-4-14)9(12(17)18)5(6)2-8(15)16/h3-7,9-11H,1-2H2,(H,15,16)(H,17,18). The van der Waals surface area contributed by atoms with E-state index in [0.29, 0.717) is 6.42 Å². The number of aliphatic carboxylic acids is 2. The van der Waals surface area contributed by atoms with Crippen molar-refractivity contribution in [3.8, 4) is 0 Å². The molecule has 0 aromatic rings. The van der Waals surface area contributed by atoms with Crippen LogP contribution in [0, 0.1) is 23.7 Å². The predicted molar refractivity (Wildman–Crippen MR) is 60.3 cm³/mol. The Balaban J connectivity index is 2.28. The van der Waals surface area contributed by atoms with E-state index in [9.17, 15) is 24.3 Å². The van der Waals surface area contributed by atoms with Crippen LogP contribution < -0.4 is 0 Å². The summed E-state index contributed by atoms with van der Waals surface area (Å²) in [6.45, 7) is 0.401. The fourth-order valence-electron chi connectivity index (χ4n) is 3.75. The van der Waals surface area contributed by atoms with Gasteiger partial charge in [0.1, 0.15) is 12.2 Å². The molecule has 6 atom stereocenters. The molecule has 2 saturated carbocycles. The summed E-state index contributed by atoms with van der Waals surface area (Å²) in [7, 11) is 0. The molecule has 2 rings (SSSR count). The fourth-order valence-corrected chi connectivity index (χ4v) is 3.75. The van der Waals surface area contributed by atoms with Gasteiger partial charge >= 0.3 is 11.9 Å². The Kier molecular flexibility index (Phi) is 3.91. The second-order valence-electron chi connectivity index (χ2n) is 5.08. The highest BCUT2D eigenvalue weighted by Gasteiger charge is 2.63. The van der Waals surface area contributed by atoms with Gasteiger partial charge in [0.05, 0.1) is 5.92 Å². The van der Waals surface area contributed by atoms with Gasteiger partial charge in [0.15, 0.2) is 0 Å². The van der Waals surface area contributed by atoms with Crippen LogP contribution in [0.1, 0.15) is 12.8 Å². The molecule has 2 aliphatic carbocycles. The van der Waals surface area contributed by atoms with Crippen LogP contribution in [0.4, 0.5) is 0 Å². The maximum Gasteiger partial charge on any atom is 0.307 e. The van der Waals surface area contributed by atoms with E-state index in [1.807, 2.05) is 0 Å². The van der Waals surface area contributed by atoms with Gasteiger partial charge in [0, 0.05) is 18.3 Å². The summed E-state index contributed by atoms with van der Waals surface area (Å²) in [6.07, 6.45) is -1.55. The van der Waals surface area contributed by atoms with Gasteiger partial charge in [-0.1, -0.05) is 0 Å². The molecule has 0 aliphatic heterocycles. The number of carbonyl (C=O) groups excluding carboxylic acids is 2. The number of fused-ring (bicyclic) bond motifs is 2. The molecule has 0 radical (unpaired) electrons. The summed E-state index contributed by atoms with van der Waals surface area (Å²) in [6, 6.07) is 0. The van der Waals surface area contributed by atoms with Crippen molar-refractivity contribution < 1.29 is 38.9 Å². The molecule has 0 saturated heterocycles. The molecule has 8 nitrogen and oxygen atoms in total. The smallest absolute Gasteiger partial charge is 0.307 e. The Morgan fingerprint density at radius 3 is 2.05 bits per heavy atom. The molecule has 0 amide bonds. The number of hydrogen-bond acceptors (Lipinski definition) is 6. The molecular weight excluding hydrogens is 272 g/mol. The highest BCUT2D eigenvalue weighted by atomic mass is 16.6. The van der Waals surface area contributed by atoms with Crippen LogP contribution in [0.5, 0.6) is 0 Å². The van der Waals surface area contributed by atoms with Gasteiger partial charge in [-0.05, 0) is 12.3 Å². The lowest BCUT2D eigenvalue weighted by atomic mass is 9.74. The molecule has 110 valence electrons. The van der Waals surface area contributed by atoms with Gasteiger partial charge in [-0.3, -0.25) is 19.2 Å². The molecule has 6 unspecified atom stereocenters. The minimum atomic E-state index is -1.12. The number of hydrogen-bond donors (Lipinski definition) is 2. The van der Waals surface area contributed by atoms with E-state index >= 15 is 0 Å². The molecule has 0 spiro atoms. The SMILES string of the molecule is O=COC1C2CC(C1OC=O)C(C(=O)O)C2CC(=O)O. The minimum absolute atomic E-state index is 0.192. The lowest BCUT2D eigenvalue weighted by Crippen LogP contribution is -2.47. The molecule has 20 heavy (non-hydrogen) atoms. The van der Waals surface area contributed by atoms with Crippen molar-refractivity contribution in [3.63, 3.8) is 0 Å². The maximum absolute atomic E-state index is 11.4. The quantitative estimate of drug-likeness (QED) is 0.600.